The van der Waals surface area contributed by atoms with Crippen molar-refractivity contribution in [2.75, 3.05) is 5.32 Å². The Bertz CT molecular complexity index is 1140. The van der Waals surface area contributed by atoms with Crippen LogP contribution in [0.5, 0.6) is 0 Å². The zero-order chi connectivity index (χ0) is 18.1. The summed E-state index contributed by atoms with van der Waals surface area (Å²) in [6, 6.07) is 9.57. The fourth-order valence-corrected chi connectivity index (χ4v) is 2.72. The molecule has 130 valence electrons. The summed E-state index contributed by atoms with van der Waals surface area (Å²) in [6.45, 7) is 1.76. The van der Waals surface area contributed by atoms with Crippen LogP contribution in [-0.2, 0) is 11.3 Å². The molecule has 9 heteroatoms. The van der Waals surface area contributed by atoms with Crippen LogP contribution in [0.3, 0.4) is 0 Å². The zero-order valence-electron chi connectivity index (χ0n) is 13.9. The second-order valence-electron chi connectivity index (χ2n) is 5.76. The van der Waals surface area contributed by atoms with Crippen molar-refractivity contribution in [2.24, 2.45) is 0 Å². The average Bonchev–Trinajstić information content (AvgIpc) is 3.21. The number of rotatable bonds is 4. The van der Waals surface area contributed by atoms with Crippen LogP contribution >= 0.6 is 0 Å². The van der Waals surface area contributed by atoms with E-state index in [2.05, 4.69) is 30.6 Å². The van der Waals surface area contributed by atoms with E-state index in [1.807, 2.05) is 37.3 Å². The van der Waals surface area contributed by atoms with Crippen molar-refractivity contribution in [1.29, 1.82) is 0 Å². The number of hydrogen-bond acceptors (Lipinski definition) is 5. The SMILES string of the molecule is Cc1[nH]nc(-c2ccccc2)c1NC(=O)Cn1ncc2c(=O)[nH]cnc21. The van der Waals surface area contributed by atoms with Gasteiger partial charge in [0, 0.05) is 5.56 Å². The summed E-state index contributed by atoms with van der Waals surface area (Å²) in [5, 5.41) is 14.5. The summed E-state index contributed by atoms with van der Waals surface area (Å²) in [5.41, 5.74) is 2.98. The first-order valence-electron chi connectivity index (χ1n) is 7.93. The Labute approximate surface area is 147 Å². The van der Waals surface area contributed by atoms with E-state index in [1.54, 1.807) is 0 Å². The molecule has 0 atom stereocenters. The molecule has 0 saturated carbocycles. The highest BCUT2D eigenvalue weighted by molar-refractivity contribution is 5.95. The lowest BCUT2D eigenvalue weighted by atomic mass is 10.1. The molecule has 1 aromatic carbocycles. The molecule has 1 amide bonds. The molecule has 0 aliphatic rings. The molecule has 0 bridgehead atoms. The third-order valence-corrected chi connectivity index (χ3v) is 3.99. The Morgan fingerprint density at radius 2 is 2.08 bits per heavy atom. The number of carbonyl (C=O) groups is 1. The highest BCUT2D eigenvalue weighted by Gasteiger charge is 2.16. The van der Waals surface area contributed by atoms with Gasteiger partial charge < -0.3 is 10.3 Å². The van der Waals surface area contributed by atoms with Gasteiger partial charge in [-0.25, -0.2) is 9.67 Å². The molecule has 0 spiro atoms. The number of amides is 1. The van der Waals surface area contributed by atoms with Gasteiger partial charge in [0.15, 0.2) is 5.65 Å². The highest BCUT2D eigenvalue weighted by atomic mass is 16.2. The smallest absolute Gasteiger partial charge is 0.261 e. The average molecular weight is 349 g/mol. The van der Waals surface area contributed by atoms with Crippen LogP contribution in [-0.4, -0.2) is 35.9 Å². The monoisotopic (exact) mass is 349 g/mol. The standard InChI is InChI=1S/C17H15N7O2/c1-10-14(15(23-22-10)11-5-3-2-4-6-11)21-13(25)8-24-16-12(7-20-24)17(26)19-9-18-16/h2-7,9H,8H2,1H3,(H,21,25)(H,22,23)(H,18,19,26). The van der Waals surface area contributed by atoms with Gasteiger partial charge in [0.05, 0.1) is 23.9 Å². The van der Waals surface area contributed by atoms with Crippen molar-refractivity contribution >= 4 is 22.6 Å². The highest BCUT2D eigenvalue weighted by Crippen LogP contribution is 2.28. The van der Waals surface area contributed by atoms with Gasteiger partial charge in [-0.2, -0.15) is 10.2 Å². The molecular weight excluding hydrogens is 334 g/mol. The number of aromatic amines is 2. The first-order chi connectivity index (χ1) is 12.6. The largest absolute Gasteiger partial charge is 0.321 e. The number of anilines is 1. The third-order valence-electron chi connectivity index (χ3n) is 3.99. The van der Waals surface area contributed by atoms with E-state index in [-0.39, 0.29) is 18.0 Å². The lowest BCUT2D eigenvalue weighted by molar-refractivity contribution is -0.116. The predicted molar refractivity (Wildman–Crippen MR) is 95.5 cm³/mol. The number of hydrogen-bond donors (Lipinski definition) is 3. The van der Waals surface area contributed by atoms with Crippen molar-refractivity contribution in [3.63, 3.8) is 0 Å². The van der Waals surface area contributed by atoms with E-state index in [9.17, 15) is 9.59 Å². The van der Waals surface area contributed by atoms with Gasteiger partial charge in [0.1, 0.15) is 17.6 Å². The Morgan fingerprint density at radius 3 is 2.88 bits per heavy atom. The quantitative estimate of drug-likeness (QED) is 0.515. The number of fused-ring (bicyclic) bond motifs is 1. The molecule has 0 aliphatic heterocycles. The molecule has 0 fully saturated rings. The molecular formula is C17H15N7O2. The number of nitrogens with zero attached hydrogens (tertiary/aromatic N) is 4. The molecule has 0 radical (unpaired) electrons. The summed E-state index contributed by atoms with van der Waals surface area (Å²) in [7, 11) is 0. The molecule has 4 aromatic rings. The molecule has 3 N–H and O–H groups in total. The summed E-state index contributed by atoms with van der Waals surface area (Å²) >= 11 is 0. The Kier molecular flexibility index (Phi) is 3.81. The molecule has 0 unspecified atom stereocenters. The van der Waals surface area contributed by atoms with Crippen LogP contribution in [0, 0.1) is 6.92 Å². The van der Waals surface area contributed by atoms with Crippen molar-refractivity contribution in [2.45, 2.75) is 13.5 Å². The zero-order valence-corrected chi connectivity index (χ0v) is 13.9. The maximum absolute atomic E-state index is 12.5. The summed E-state index contributed by atoms with van der Waals surface area (Å²) in [4.78, 5) is 30.8. The normalized spacial score (nSPS) is 11.0. The van der Waals surface area contributed by atoms with Crippen LogP contribution < -0.4 is 10.9 Å². The molecule has 0 saturated heterocycles. The van der Waals surface area contributed by atoms with Gasteiger partial charge in [0.2, 0.25) is 5.91 Å². The van der Waals surface area contributed by atoms with E-state index < -0.39 is 0 Å². The van der Waals surface area contributed by atoms with Gasteiger partial charge >= 0.3 is 0 Å². The van der Waals surface area contributed by atoms with E-state index in [0.717, 1.165) is 11.3 Å². The lowest BCUT2D eigenvalue weighted by Crippen LogP contribution is -2.20. The summed E-state index contributed by atoms with van der Waals surface area (Å²) in [6.07, 6.45) is 2.68. The van der Waals surface area contributed by atoms with Gasteiger partial charge in [-0.1, -0.05) is 30.3 Å². The van der Waals surface area contributed by atoms with E-state index >= 15 is 0 Å². The van der Waals surface area contributed by atoms with Gasteiger partial charge in [0.25, 0.3) is 5.56 Å². The second-order valence-corrected chi connectivity index (χ2v) is 5.76. The minimum absolute atomic E-state index is 0.0706. The Morgan fingerprint density at radius 1 is 1.27 bits per heavy atom. The molecule has 3 aromatic heterocycles. The minimum Gasteiger partial charge on any atom is -0.321 e. The summed E-state index contributed by atoms with van der Waals surface area (Å²) in [5.74, 6) is -0.293. The van der Waals surface area contributed by atoms with Crippen LogP contribution in [0.15, 0.2) is 47.7 Å². The van der Waals surface area contributed by atoms with Crippen LogP contribution in [0.25, 0.3) is 22.3 Å². The molecule has 3 heterocycles. The fourth-order valence-electron chi connectivity index (χ4n) is 2.72. The van der Waals surface area contributed by atoms with E-state index in [4.69, 9.17) is 0 Å². The number of aromatic nitrogens is 6. The van der Waals surface area contributed by atoms with Crippen LogP contribution in [0.4, 0.5) is 5.69 Å². The second kappa shape index (κ2) is 6.28. The Hall–Kier alpha value is -3.75. The molecule has 0 aliphatic carbocycles. The first kappa shape index (κ1) is 15.8. The maximum atomic E-state index is 12.5. The molecule has 4 rings (SSSR count). The summed E-state index contributed by atoms with van der Waals surface area (Å²) < 4.78 is 1.39. The fraction of sp³-hybridized carbons (Fsp3) is 0.118. The van der Waals surface area contributed by atoms with Crippen LogP contribution in [0.1, 0.15) is 5.69 Å². The molecule has 26 heavy (non-hydrogen) atoms. The van der Waals surface area contributed by atoms with Crippen molar-refractivity contribution in [1.82, 2.24) is 29.9 Å². The van der Waals surface area contributed by atoms with Crippen LogP contribution in [0.2, 0.25) is 0 Å². The predicted octanol–water partition coefficient (Wildman–Crippen LogP) is 1.46. The van der Waals surface area contributed by atoms with E-state index in [0.29, 0.717) is 22.4 Å². The van der Waals surface area contributed by atoms with E-state index in [1.165, 1.54) is 17.2 Å². The van der Waals surface area contributed by atoms with Gasteiger partial charge in [-0.05, 0) is 6.92 Å². The number of H-pyrrole nitrogens is 2. The third kappa shape index (κ3) is 2.75. The number of nitrogens with one attached hydrogen (secondary N) is 3. The van der Waals surface area contributed by atoms with Gasteiger partial charge in [-0.3, -0.25) is 14.7 Å². The first-order valence-corrected chi connectivity index (χ1v) is 7.93. The van der Waals surface area contributed by atoms with Gasteiger partial charge in [-0.15, -0.1) is 0 Å². The Balaban J connectivity index is 1.60. The lowest BCUT2D eigenvalue weighted by Gasteiger charge is -2.07. The minimum atomic E-state index is -0.293. The molecule has 9 nitrogen and oxygen atoms in total. The number of carbonyl (C=O) groups excluding carboxylic acids is 1. The van der Waals surface area contributed by atoms with Crippen molar-refractivity contribution in [3.8, 4) is 11.3 Å². The topological polar surface area (TPSA) is 121 Å². The number of benzene rings is 1. The van der Waals surface area contributed by atoms with Crippen molar-refractivity contribution in [3.05, 3.63) is 58.9 Å². The van der Waals surface area contributed by atoms with Crippen molar-refractivity contribution < 1.29 is 4.79 Å². The number of aryl methyl sites for hydroxylation is 1. The maximum Gasteiger partial charge on any atom is 0.261 e.